The minimum Gasteiger partial charge on any atom is -0.495 e. The van der Waals surface area contributed by atoms with E-state index in [9.17, 15) is 0 Å². The molecule has 2 aromatic heterocycles. The van der Waals surface area contributed by atoms with Gasteiger partial charge in [0.15, 0.2) is 0 Å². The lowest BCUT2D eigenvalue weighted by molar-refractivity contribution is -0.00877. The lowest BCUT2D eigenvalue weighted by Crippen LogP contribution is -2.68. The fraction of sp³-hybridized carbons (Fsp3) is 0.385. The minimum absolute atomic E-state index is 0.0832. The van der Waals surface area contributed by atoms with Gasteiger partial charge in [-0.2, -0.15) is 0 Å². The summed E-state index contributed by atoms with van der Waals surface area (Å²) in [4.78, 5) is 14.3. The summed E-state index contributed by atoms with van der Waals surface area (Å²) in [6.45, 7) is 3.72. The summed E-state index contributed by atoms with van der Waals surface area (Å²) in [6, 6.07) is 9.48. The van der Waals surface area contributed by atoms with Crippen LogP contribution in [0.5, 0.6) is 5.88 Å². The first-order valence-corrected chi connectivity index (χ1v) is 12.4. The van der Waals surface area contributed by atoms with E-state index in [1.54, 1.807) is 14.2 Å². The maximum Gasteiger partial charge on any atom is 0.212 e. The highest BCUT2D eigenvalue weighted by atomic mass is 16.5. The number of hydrazine groups is 2. The number of piperazine rings is 1. The first-order valence-electron chi connectivity index (χ1n) is 12.4. The maximum absolute atomic E-state index is 5.57. The molecule has 0 amide bonds. The number of hydrogen-bond donors (Lipinski definition) is 3. The zero-order chi connectivity index (χ0) is 24.2. The summed E-state index contributed by atoms with van der Waals surface area (Å²) in [6.07, 6.45) is 9.34. The molecule has 3 unspecified atom stereocenters. The molecule has 6 aliphatic heterocycles. The molecule has 4 saturated heterocycles. The number of pyridine rings is 2. The second-order valence-corrected chi connectivity index (χ2v) is 9.83. The molecule has 0 spiro atoms. The Labute approximate surface area is 210 Å². The van der Waals surface area contributed by atoms with Gasteiger partial charge in [0.2, 0.25) is 5.88 Å². The molecule has 2 aromatic rings. The average Bonchev–Trinajstić information content (AvgIpc) is 3.53. The van der Waals surface area contributed by atoms with Crippen molar-refractivity contribution < 1.29 is 9.47 Å². The Hall–Kier alpha value is -3.44. The molecule has 0 radical (unpaired) electrons. The lowest BCUT2D eigenvalue weighted by atomic mass is 9.87. The molecule has 10 heteroatoms. The van der Waals surface area contributed by atoms with Gasteiger partial charge in [-0.3, -0.25) is 15.3 Å². The third-order valence-electron chi connectivity index (χ3n) is 7.82. The molecule has 0 saturated carbocycles. The summed E-state index contributed by atoms with van der Waals surface area (Å²) >= 11 is 0. The number of ether oxygens (including phenoxy) is 2. The van der Waals surface area contributed by atoms with Crippen molar-refractivity contribution >= 4 is 11.4 Å². The van der Waals surface area contributed by atoms with Gasteiger partial charge in [0.25, 0.3) is 0 Å². The Bertz CT molecular complexity index is 1240. The largest absolute Gasteiger partial charge is 0.495 e. The second-order valence-electron chi connectivity index (χ2n) is 9.83. The van der Waals surface area contributed by atoms with Crippen molar-refractivity contribution in [3.8, 4) is 5.88 Å². The fourth-order valence-electron chi connectivity index (χ4n) is 5.94. The number of nitrogens with one attached hydrogen (secondary N) is 3. The summed E-state index contributed by atoms with van der Waals surface area (Å²) < 4.78 is 10.8. The topological polar surface area (TPSA) is 90.1 Å². The molecule has 2 bridgehead atoms. The van der Waals surface area contributed by atoms with E-state index < -0.39 is 0 Å². The average molecular weight is 487 g/mol. The summed E-state index contributed by atoms with van der Waals surface area (Å²) in [5.74, 6) is 2.51. The summed E-state index contributed by atoms with van der Waals surface area (Å²) in [7, 11) is 3.35. The zero-order valence-corrected chi connectivity index (χ0v) is 20.4. The molecule has 3 N–H and O–H groups in total. The van der Waals surface area contributed by atoms with Crippen LogP contribution in [0, 0.1) is 0 Å². The van der Waals surface area contributed by atoms with E-state index in [1.807, 2.05) is 24.7 Å². The third-order valence-corrected chi connectivity index (χ3v) is 7.82. The van der Waals surface area contributed by atoms with Crippen LogP contribution in [-0.4, -0.2) is 72.0 Å². The number of piperidine rings is 1. The molecule has 3 atom stereocenters. The van der Waals surface area contributed by atoms with Crippen LogP contribution < -0.4 is 25.9 Å². The summed E-state index contributed by atoms with van der Waals surface area (Å²) in [5, 5.41) is 2.06. The van der Waals surface area contributed by atoms with Gasteiger partial charge in [-0.05, 0) is 30.2 Å². The Kier molecular flexibility index (Phi) is 5.21. The normalized spacial score (nSPS) is 26.8. The van der Waals surface area contributed by atoms with E-state index >= 15 is 0 Å². The van der Waals surface area contributed by atoms with E-state index in [4.69, 9.17) is 14.5 Å². The van der Waals surface area contributed by atoms with E-state index in [1.165, 1.54) is 17.6 Å². The number of fused-ring (bicyclic) bond motifs is 4. The highest BCUT2D eigenvalue weighted by molar-refractivity contribution is 5.83. The molecule has 0 aliphatic carbocycles. The Morgan fingerprint density at radius 1 is 1.03 bits per heavy atom. The molecule has 10 nitrogen and oxygen atoms in total. The van der Waals surface area contributed by atoms with Crippen LogP contribution in [0.4, 0.5) is 5.82 Å². The number of anilines is 1. The Morgan fingerprint density at radius 2 is 1.92 bits per heavy atom. The molecule has 0 aromatic carbocycles. The van der Waals surface area contributed by atoms with Crippen LogP contribution in [0.15, 0.2) is 66.0 Å². The third kappa shape index (κ3) is 3.56. The molecular weight excluding hydrogens is 456 g/mol. The maximum atomic E-state index is 5.57. The van der Waals surface area contributed by atoms with Crippen molar-refractivity contribution in [1.82, 2.24) is 36.2 Å². The fourth-order valence-corrected chi connectivity index (χ4v) is 5.94. The van der Waals surface area contributed by atoms with Crippen molar-refractivity contribution in [2.75, 3.05) is 38.8 Å². The van der Waals surface area contributed by atoms with Crippen molar-refractivity contribution in [1.29, 1.82) is 0 Å². The van der Waals surface area contributed by atoms with Gasteiger partial charge < -0.3 is 14.4 Å². The number of allylic oxidation sites excluding steroid dienone is 2. The first kappa shape index (κ1) is 21.8. The number of rotatable bonds is 6. The van der Waals surface area contributed by atoms with Crippen LogP contribution >= 0.6 is 0 Å². The van der Waals surface area contributed by atoms with Gasteiger partial charge in [0.1, 0.15) is 17.7 Å². The van der Waals surface area contributed by atoms with Crippen molar-refractivity contribution in [3.05, 3.63) is 77.1 Å². The van der Waals surface area contributed by atoms with Crippen LogP contribution in [-0.2, 0) is 11.3 Å². The van der Waals surface area contributed by atoms with Gasteiger partial charge in [0, 0.05) is 73.4 Å². The molecule has 36 heavy (non-hydrogen) atoms. The van der Waals surface area contributed by atoms with Gasteiger partial charge in [-0.25, -0.2) is 20.8 Å². The second kappa shape index (κ2) is 8.59. The van der Waals surface area contributed by atoms with E-state index in [0.29, 0.717) is 18.0 Å². The smallest absolute Gasteiger partial charge is 0.212 e. The predicted molar refractivity (Wildman–Crippen MR) is 135 cm³/mol. The van der Waals surface area contributed by atoms with Crippen LogP contribution in [0.3, 0.4) is 0 Å². The van der Waals surface area contributed by atoms with Crippen molar-refractivity contribution in [2.24, 2.45) is 0 Å². The lowest BCUT2D eigenvalue weighted by Gasteiger charge is -2.56. The van der Waals surface area contributed by atoms with Crippen LogP contribution in [0.2, 0.25) is 0 Å². The van der Waals surface area contributed by atoms with E-state index in [0.717, 1.165) is 54.6 Å². The number of aromatic nitrogens is 2. The van der Waals surface area contributed by atoms with E-state index in [2.05, 4.69) is 60.3 Å². The van der Waals surface area contributed by atoms with Gasteiger partial charge >= 0.3 is 0 Å². The predicted octanol–water partition coefficient (Wildman–Crippen LogP) is 1.34. The van der Waals surface area contributed by atoms with Crippen LogP contribution in [0.25, 0.3) is 5.57 Å². The number of methoxy groups -OCH3 is 2. The van der Waals surface area contributed by atoms with Gasteiger partial charge in [0.05, 0.1) is 26.1 Å². The molecule has 8 rings (SSSR count). The highest BCUT2D eigenvalue weighted by Crippen LogP contribution is 2.39. The SMILES string of the molecule is COC1=CN2NC3NNCC3=C2C(c2ccc(N3CC4CC(C3)N4Cc3ccc(OC)nc3)nc2)=C1. The van der Waals surface area contributed by atoms with E-state index in [-0.39, 0.29) is 6.17 Å². The molecule has 4 fully saturated rings. The van der Waals surface area contributed by atoms with Gasteiger partial charge in [-0.1, -0.05) is 6.07 Å². The first-order chi connectivity index (χ1) is 17.7. The highest BCUT2D eigenvalue weighted by Gasteiger charge is 2.44. The Morgan fingerprint density at radius 3 is 2.64 bits per heavy atom. The van der Waals surface area contributed by atoms with Crippen LogP contribution in [0.1, 0.15) is 17.5 Å². The zero-order valence-electron chi connectivity index (χ0n) is 20.4. The molecule has 8 heterocycles. The minimum atomic E-state index is 0.0832. The Balaban J connectivity index is 1.06. The monoisotopic (exact) mass is 486 g/mol. The van der Waals surface area contributed by atoms with Gasteiger partial charge in [-0.15, -0.1) is 0 Å². The molecular formula is C26H30N8O2. The van der Waals surface area contributed by atoms with Crippen molar-refractivity contribution in [2.45, 2.75) is 31.2 Å². The molecule has 6 aliphatic rings. The van der Waals surface area contributed by atoms with Crippen molar-refractivity contribution in [3.63, 3.8) is 0 Å². The standard InChI is InChI=1S/C26H30N8O2/c1-35-20-8-21(25-22-11-29-30-26(22)31-34(25)15-20)17-4-5-23(27-10-17)32-13-18-7-19(14-32)33(18)12-16-3-6-24(36-2)28-9-16/h3-6,8-10,15,18-19,26,29-31H,7,11-14H2,1-2H3. The number of nitrogens with zero attached hydrogens (tertiary/aromatic N) is 5. The quantitative estimate of drug-likeness (QED) is 0.556. The summed E-state index contributed by atoms with van der Waals surface area (Å²) in [5.41, 5.74) is 15.8. The number of hydrogen-bond acceptors (Lipinski definition) is 10. The molecule has 186 valence electrons.